The quantitative estimate of drug-likeness (QED) is 0.723. The second-order valence-electron chi connectivity index (χ2n) is 6.49. The average molecular weight is 255 g/mol. The maximum Gasteiger partial charge on any atom is 0.410 e. The Balaban J connectivity index is 2.87. The number of ketones is 1. The summed E-state index contributed by atoms with van der Waals surface area (Å²) in [6, 6.07) is -0.121. The van der Waals surface area contributed by atoms with Crippen molar-refractivity contribution in [1.82, 2.24) is 4.90 Å². The lowest BCUT2D eigenvalue weighted by Crippen LogP contribution is -2.54. The topological polar surface area (TPSA) is 46.6 Å². The van der Waals surface area contributed by atoms with Gasteiger partial charge in [0.15, 0.2) is 0 Å². The molecular weight excluding hydrogens is 230 g/mol. The Kier molecular flexibility index (Phi) is 4.41. The molecule has 0 radical (unpaired) electrons. The summed E-state index contributed by atoms with van der Waals surface area (Å²) in [5.74, 6) is 0.491. The standard InChI is InChI=1S/C14H25NO3/c1-9(2)12-8-11(16)7-10(3)15(12)13(17)18-14(4,5)6/h9-10,12H,7-8H2,1-6H3. The number of Topliss-reactive ketones (excluding diaryl/α,β-unsaturated/α-hetero) is 1. The smallest absolute Gasteiger partial charge is 0.410 e. The molecule has 1 heterocycles. The van der Waals surface area contributed by atoms with Crippen LogP contribution in [0.1, 0.15) is 54.4 Å². The van der Waals surface area contributed by atoms with E-state index in [9.17, 15) is 9.59 Å². The predicted molar refractivity (Wildman–Crippen MR) is 70.4 cm³/mol. The number of hydrogen-bond acceptors (Lipinski definition) is 3. The molecule has 1 saturated heterocycles. The summed E-state index contributed by atoms with van der Waals surface area (Å²) < 4.78 is 5.44. The fourth-order valence-corrected chi connectivity index (χ4v) is 2.36. The molecule has 0 aromatic rings. The second-order valence-corrected chi connectivity index (χ2v) is 6.49. The van der Waals surface area contributed by atoms with Crippen molar-refractivity contribution in [2.24, 2.45) is 5.92 Å². The van der Waals surface area contributed by atoms with Crippen LogP contribution in [0.5, 0.6) is 0 Å². The highest BCUT2D eigenvalue weighted by atomic mass is 16.6. The van der Waals surface area contributed by atoms with Gasteiger partial charge in [-0.25, -0.2) is 4.79 Å². The minimum atomic E-state index is -0.500. The number of carbonyl (C=O) groups excluding carboxylic acids is 2. The molecule has 0 aromatic carbocycles. The minimum absolute atomic E-state index is 0.0453. The van der Waals surface area contributed by atoms with E-state index in [2.05, 4.69) is 0 Å². The van der Waals surface area contributed by atoms with Crippen molar-refractivity contribution in [2.45, 2.75) is 72.1 Å². The molecule has 1 rings (SSSR count). The zero-order valence-corrected chi connectivity index (χ0v) is 12.3. The molecule has 4 heteroatoms. The lowest BCUT2D eigenvalue weighted by atomic mass is 9.89. The number of ether oxygens (including phenoxy) is 1. The Morgan fingerprint density at radius 2 is 1.89 bits per heavy atom. The third-order valence-electron chi connectivity index (χ3n) is 3.17. The Hall–Kier alpha value is -1.06. The summed E-state index contributed by atoms with van der Waals surface area (Å²) in [6.45, 7) is 11.6. The number of nitrogens with zero attached hydrogens (tertiary/aromatic N) is 1. The molecule has 0 saturated carbocycles. The molecule has 2 atom stereocenters. The summed E-state index contributed by atoms with van der Waals surface area (Å²) in [5.41, 5.74) is -0.500. The van der Waals surface area contributed by atoms with Crippen LogP contribution in [0.2, 0.25) is 0 Å². The fraction of sp³-hybridized carbons (Fsp3) is 0.857. The van der Waals surface area contributed by atoms with Gasteiger partial charge in [0.1, 0.15) is 11.4 Å². The third kappa shape index (κ3) is 3.72. The highest BCUT2D eigenvalue weighted by Gasteiger charge is 2.39. The summed E-state index contributed by atoms with van der Waals surface area (Å²) >= 11 is 0. The lowest BCUT2D eigenvalue weighted by Gasteiger charge is -2.42. The maximum absolute atomic E-state index is 12.2. The highest BCUT2D eigenvalue weighted by molar-refractivity contribution is 5.83. The first-order valence-electron chi connectivity index (χ1n) is 6.65. The fourth-order valence-electron chi connectivity index (χ4n) is 2.36. The largest absolute Gasteiger partial charge is 0.444 e. The molecule has 0 N–H and O–H groups in total. The Labute approximate surface area is 110 Å². The second kappa shape index (κ2) is 5.29. The number of carbonyl (C=O) groups is 2. The molecule has 104 valence electrons. The highest BCUT2D eigenvalue weighted by Crippen LogP contribution is 2.27. The zero-order valence-electron chi connectivity index (χ0n) is 12.3. The molecule has 1 fully saturated rings. The molecule has 2 unspecified atom stereocenters. The third-order valence-corrected chi connectivity index (χ3v) is 3.17. The number of amides is 1. The van der Waals surface area contributed by atoms with Gasteiger partial charge in [0.25, 0.3) is 0 Å². The molecule has 0 bridgehead atoms. The zero-order chi connectivity index (χ0) is 14.1. The molecule has 1 amide bonds. The number of rotatable bonds is 1. The van der Waals surface area contributed by atoms with Crippen molar-refractivity contribution >= 4 is 11.9 Å². The maximum atomic E-state index is 12.2. The number of likely N-dealkylation sites (tertiary alicyclic amines) is 1. The van der Waals surface area contributed by atoms with Gasteiger partial charge in [-0.05, 0) is 33.6 Å². The van der Waals surface area contributed by atoms with E-state index in [1.54, 1.807) is 4.90 Å². The van der Waals surface area contributed by atoms with Crippen LogP contribution in [-0.4, -0.2) is 34.5 Å². The summed E-state index contributed by atoms with van der Waals surface area (Å²) in [4.78, 5) is 25.6. The molecule has 1 aliphatic heterocycles. The lowest BCUT2D eigenvalue weighted by molar-refractivity contribution is -0.125. The minimum Gasteiger partial charge on any atom is -0.444 e. The van der Waals surface area contributed by atoms with Crippen LogP contribution in [0.25, 0.3) is 0 Å². The van der Waals surface area contributed by atoms with Crippen molar-refractivity contribution in [3.05, 3.63) is 0 Å². The molecule has 0 aliphatic carbocycles. The first kappa shape index (κ1) is 15.0. The molecule has 18 heavy (non-hydrogen) atoms. The normalized spacial score (nSPS) is 25.5. The van der Waals surface area contributed by atoms with Gasteiger partial charge in [0.2, 0.25) is 0 Å². The van der Waals surface area contributed by atoms with Crippen molar-refractivity contribution < 1.29 is 14.3 Å². The van der Waals surface area contributed by atoms with E-state index in [-0.39, 0.29) is 29.9 Å². The van der Waals surface area contributed by atoms with Crippen molar-refractivity contribution in [1.29, 1.82) is 0 Å². The summed E-state index contributed by atoms with van der Waals surface area (Å²) in [5, 5.41) is 0. The van der Waals surface area contributed by atoms with Gasteiger partial charge >= 0.3 is 6.09 Å². The summed E-state index contributed by atoms with van der Waals surface area (Å²) in [6.07, 6.45) is 0.574. The van der Waals surface area contributed by atoms with E-state index in [0.717, 1.165) is 0 Å². The van der Waals surface area contributed by atoms with Gasteiger partial charge in [0, 0.05) is 24.9 Å². The van der Waals surface area contributed by atoms with Crippen LogP contribution < -0.4 is 0 Å². The van der Waals surface area contributed by atoms with E-state index in [0.29, 0.717) is 12.8 Å². The van der Waals surface area contributed by atoms with Gasteiger partial charge < -0.3 is 9.64 Å². The number of piperidine rings is 1. The van der Waals surface area contributed by atoms with Gasteiger partial charge in [-0.1, -0.05) is 13.8 Å². The molecule has 0 spiro atoms. The van der Waals surface area contributed by atoms with Crippen molar-refractivity contribution in [3.63, 3.8) is 0 Å². The van der Waals surface area contributed by atoms with E-state index in [1.807, 2.05) is 41.5 Å². The summed E-state index contributed by atoms with van der Waals surface area (Å²) in [7, 11) is 0. The Bertz CT molecular complexity index is 330. The van der Waals surface area contributed by atoms with Gasteiger partial charge in [0.05, 0.1) is 0 Å². The van der Waals surface area contributed by atoms with Crippen LogP contribution >= 0.6 is 0 Å². The van der Waals surface area contributed by atoms with Crippen LogP contribution in [0.15, 0.2) is 0 Å². The first-order valence-corrected chi connectivity index (χ1v) is 6.65. The van der Waals surface area contributed by atoms with Gasteiger partial charge in [-0.2, -0.15) is 0 Å². The van der Waals surface area contributed by atoms with E-state index < -0.39 is 5.60 Å². The van der Waals surface area contributed by atoms with Crippen molar-refractivity contribution in [3.8, 4) is 0 Å². The molecular formula is C14H25NO3. The van der Waals surface area contributed by atoms with Crippen LogP contribution in [0.3, 0.4) is 0 Å². The average Bonchev–Trinajstić information content (AvgIpc) is 2.12. The van der Waals surface area contributed by atoms with Crippen LogP contribution in [0.4, 0.5) is 4.79 Å². The molecule has 1 aliphatic rings. The first-order chi connectivity index (χ1) is 8.11. The van der Waals surface area contributed by atoms with E-state index >= 15 is 0 Å². The van der Waals surface area contributed by atoms with Crippen LogP contribution in [0, 0.1) is 5.92 Å². The SMILES string of the molecule is CC(C)C1CC(=O)CC(C)N1C(=O)OC(C)(C)C. The van der Waals surface area contributed by atoms with Crippen LogP contribution in [-0.2, 0) is 9.53 Å². The Morgan fingerprint density at radius 3 is 2.33 bits per heavy atom. The van der Waals surface area contributed by atoms with Gasteiger partial charge in [-0.15, -0.1) is 0 Å². The van der Waals surface area contributed by atoms with E-state index in [4.69, 9.17) is 4.74 Å². The van der Waals surface area contributed by atoms with Gasteiger partial charge in [-0.3, -0.25) is 4.79 Å². The predicted octanol–water partition coefficient (Wildman–Crippen LogP) is 3.00. The Morgan fingerprint density at radius 1 is 1.33 bits per heavy atom. The molecule has 0 aromatic heterocycles. The van der Waals surface area contributed by atoms with E-state index in [1.165, 1.54) is 0 Å². The number of hydrogen-bond donors (Lipinski definition) is 0. The van der Waals surface area contributed by atoms with Crippen molar-refractivity contribution in [2.75, 3.05) is 0 Å². The monoisotopic (exact) mass is 255 g/mol. The molecule has 4 nitrogen and oxygen atoms in total.